The van der Waals surface area contributed by atoms with E-state index in [1.54, 1.807) is 30.3 Å². The summed E-state index contributed by atoms with van der Waals surface area (Å²) in [5, 5.41) is 2.56. The Morgan fingerprint density at radius 3 is 2.19 bits per heavy atom. The first-order valence-corrected chi connectivity index (χ1v) is 8.33. The van der Waals surface area contributed by atoms with Crippen LogP contribution in [0.4, 0.5) is 4.79 Å². The fraction of sp³-hybridized carbons (Fsp3) is 0.250. The molecular formula is C20H21NO5. The molecule has 6 heteroatoms. The summed E-state index contributed by atoms with van der Waals surface area (Å²) in [4.78, 5) is 35.0. The van der Waals surface area contributed by atoms with Gasteiger partial charge in [-0.2, -0.15) is 0 Å². The Hall–Kier alpha value is -3.15. The molecule has 0 aliphatic carbocycles. The molecule has 26 heavy (non-hydrogen) atoms. The van der Waals surface area contributed by atoms with Gasteiger partial charge in [0.2, 0.25) is 0 Å². The number of hydrogen-bond acceptors (Lipinski definition) is 5. The maximum atomic E-state index is 11.8. The zero-order valence-corrected chi connectivity index (χ0v) is 14.4. The summed E-state index contributed by atoms with van der Waals surface area (Å²) >= 11 is 0. The van der Waals surface area contributed by atoms with Gasteiger partial charge in [-0.15, -0.1) is 0 Å². The summed E-state index contributed by atoms with van der Waals surface area (Å²) in [6, 6.07) is 18.0. The van der Waals surface area contributed by atoms with Crippen molar-refractivity contribution in [1.82, 2.24) is 5.32 Å². The molecule has 0 aliphatic rings. The predicted octanol–water partition coefficient (Wildman–Crippen LogP) is 3.12. The van der Waals surface area contributed by atoms with E-state index in [0.29, 0.717) is 12.0 Å². The second-order valence-electron chi connectivity index (χ2n) is 5.54. The topological polar surface area (TPSA) is 81.7 Å². The number of alkyl carbamates (subject to hydrolysis) is 1. The monoisotopic (exact) mass is 355 g/mol. The average molecular weight is 355 g/mol. The fourth-order valence-electron chi connectivity index (χ4n) is 2.12. The van der Waals surface area contributed by atoms with Gasteiger partial charge in [0.1, 0.15) is 6.61 Å². The van der Waals surface area contributed by atoms with Gasteiger partial charge < -0.3 is 14.8 Å². The molecule has 2 rings (SSSR count). The Bertz CT molecular complexity index is 715. The van der Waals surface area contributed by atoms with Crippen molar-refractivity contribution in [2.24, 2.45) is 0 Å². The van der Waals surface area contributed by atoms with Crippen LogP contribution in [0.25, 0.3) is 0 Å². The van der Waals surface area contributed by atoms with E-state index in [2.05, 4.69) is 5.32 Å². The van der Waals surface area contributed by atoms with Gasteiger partial charge in [-0.1, -0.05) is 60.7 Å². The summed E-state index contributed by atoms with van der Waals surface area (Å²) in [6.07, 6.45) is -0.0266. The number of carbonyl (C=O) groups is 3. The molecule has 1 N–H and O–H groups in total. The summed E-state index contributed by atoms with van der Waals surface area (Å²) in [6.45, 7) is 0.195. The number of Topliss-reactive ketones (excluding diaryl/α,β-unsaturated/α-hetero) is 1. The molecule has 0 radical (unpaired) electrons. The second kappa shape index (κ2) is 10.7. The molecule has 6 nitrogen and oxygen atoms in total. The maximum absolute atomic E-state index is 11.8. The van der Waals surface area contributed by atoms with Crippen LogP contribution in [0.1, 0.15) is 28.8 Å². The normalized spacial score (nSPS) is 10.0. The summed E-state index contributed by atoms with van der Waals surface area (Å²) in [7, 11) is 0. The Balaban J connectivity index is 1.54. The maximum Gasteiger partial charge on any atom is 0.407 e. The molecule has 0 spiro atoms. The van der Waals surface area contributed by atoms with E-state index in [4.69, 9.17) is 9.47 Å². The van der Waals surface area contributed by atoms with E-state index >= 15 is 0 Å². The summed E-state index contributed by atoms with van der Waals surface area (Å²) in [5.74, 6) is -0.727. The largest absolute Gasteiger partial charge is 0.457 e. The van der Waals surface area contributed by atoms with Gasteiger partial charge >= 0.3 is 12.1 Å². The van der Waals surface area contributed by atoms with Crippen LogP contribution in [0.2, 0.25) is 0 Å². The SMILES string of the molecule is O=C(CCCNC(=O)OCc1ccccc1)OCC(=O)c1ccccc1. The van der Waals surface area contributed by atoms with Gasteiger partial charge in [0.05, 0.1) is 0 Å². The minimum Gasteiger partial charge on any atom is -0.457 e. The van der Waals surface area contributed by atoms with E-state index in [9.17, 15) is 14.4 Å². The molecule has 0 aliphatic heterocycles. The van der Waals surface area contributed by atoms with Crippen LogP contribution in [0, 0.1) is 0 Å². The lowest BCUT2D eigenvalue weighted by atomic mass is 10.1. The highest BCUT2D eigenvalue weighted by Gasteiger charge is 2.10. The van der Waals surface area contributed by atoms with Crippen LogP contribution < -0.4 is 5.32 Å². The van der Waals surface area contributed by atoms with Gasteiger partial charge in [0.25, 0.3) is 0 Å². The van der Waals surface area contributed by atoms with Crippen LogP contribution >= 0.6 is 0 Å². The van der Waals surface area contributed by atoms with Crippen molar-refractivity contribution in [1.29, 1.82) is 0 Å². The highest BCUT2D eigenvalue weighted by molar-refractivity contribution is 5.97. The Morgan fingerprint density at radius 2 is 1.50 bits per heavy atom. The lowest BCUT2D eigenvalue weighted by molar-refractivity contribution is -0.142. The minimum absolute atomic E-state index is 0.112. The molecular weight excluding hydrogens is 334 g/mol. The molecule has 0 unspecified atom stereocenters. The number of amides is 1. The number of hydrogen-bond donors (Lipinski definition) is 1. The van der Waals surface area contributed by atoms with Crippen molar-refractivity contribution in [3.63, 3.8) is 0 Å². The number of esters is 1. The van der Waals surface area contributed by atoms with Crippen molar-refractivity contribution in [2.45, 2.75) is 19.4 Å². The fourth-order valence-corrected chi connectivity index (χ4v) is 2.12. The Morgan fingerprint density at radius 1 is 0.846 bits per heavy atom. The van der Waals surface area contributed by atoms with Gasteiger partial charge in [0.15, 0.2) is 12.4 Å². The molecule has 0 heterocycles. The lowest BCUT2D eigenvalue weighted by Crippen LogP contribution is -2.26. The van der Waals surface area contributed by atoms with Gasteiger partial charge in [-0.05, 0) is 12.0 Å². The van der Waals surface area contributed by atoms with E-state index in [-0.39, 0.29) is 32.0 Å². The predicted molar refractivity (Wildman–Crippen MR) is 95.6 cm³/mol. The van der Waals surface area contributed by atoms with Crippen molar-refractivity contribution in [3.05, 3.63) is 71.8 Å². The number of benzene rings is 2. The standard InChI is InChI=1S/C20H21NO5/c22-18(17-10-5-2-6-11-17)15-25-19(23)12-7-13-21-20(24)26-14-16-8-3-1-4-9-16/h1-6,8-11H,7,12-15H2,(H,21,24). The van der Waals surface area contributed by atoms with Crippen molar-refractivity contribution in [3.8, 4) is 0 Å². The Kier molecular flexibility index (Phi) is 7.86. The minimum atomic E-state index is -0.540. The van der Waals surface area contributed by atoms with Crippen LogP contribution in [0.5, 0.6) is 0 Å². The quantitative estimate of drug-likeness (QED) is 0.425. The van der Waals surface area contributed by atoms with E-state index in [1.807, 2.05) is 30.3 Å². The Labute approximate surface area is 152 Å². The number of ketones is 1. The third kappa shape index (κ3) is 7.17. The van der Waals surface area contributed by atoms with Gasteiger partial charge in [0, 0.05) is 18.5 Å². The van der Waals surface area contributed by atoms with Crippen LogP contribution in [0.15, 0.2) is 60.7 Å². The van der Waals surface area contributed by atoms with E-state index < -0.39 is 12.1 Å². The van der Waals surface area contributed by atoms with Gasteiger partial charge in [-0.3, -0.25) is 9.59 Å². The van der Waals surface area contributed by atoms with Crippen LogP contribution in [-0.2, 0) is 20.9 Å². The number of carbonyl (C=O) groups excluding carboxylic acids is 3. The first-order valence-electron chi connectivity index (χ1n) is 8.33. The third-order valence-corrected chi connectivity index (χ3v) is 3.50. The molecule has 0 aromatic heterocycles. The number of nitrogens with one attached hydrogen (secondary N) is 1. The number of ether oxygens (including phenoxy) is 2. The van der Waals surface area contributed by atoms with Crippen LogP contribution in [0.3, 0.4) is 0 Å². The lowest BCUT2D eigenvalue weighted by Gasteiger charge is -2.07. The zero-order chi connectivity index (χ0) is 18.6. The third-order valence-electron chi connectivity index (χ3n) is 3.50. The highest BCUT2D eigenvalue weighted by atomic mass is 16.5. The highest BCUT2D eigenvalue weighted by Crippen LogP contribution is 2.02. The van der Waals surface area contributed by atoms with E-state index in [0.717, 1.165) is 5.56 Å². The smallest absolute Gasteiger partial charge is 0.407 e. The molecule has 1 amide bonds. The van der Waals surface area contributed by atoms with E-state index in [1.165, 1.54) is 0 Å². The van der Waals surface area contributed by atoms with Crippen molar-refractivity contribution < 1.29 is 23.9 Å². The van der Waals surface area contributed by atoms with Crippen molar-refractivity contribution in [2.75, 3.05) is 13.2 Å². The van der Waals surface area contributed by atoms with Crippen LogP contribution in [-0.4, -0.2) is 31.0 Å². The zero-order valence-electron chi connectivity index (χ0n) is 14.4. The second-order valence-corrected chi connectivity index (χ2v) is 5.54. The molecule has 0 fully saturated rings. The van der Waals surface area contributed by atoms with Gasteiger partial charge in [-0.25, -0.2) is 4.79 Å². The molecule has 2 aromatic rings. The molecule has 0 atom stereocenters. The van der Waals surface area contributed by atoms with Crippen molar-refractivity contribution >= 4 is 17.8 Å². The molecule has 136 valence electrons. The molecule has 0 saturated heterocycles. The molecule has 0 saturated carbocycles. The average Bonchev–Trinajstić information content (AvgIpc) is 2.69. The summed E-state index contributed by atoms with van der Waals surface area (Å²) < 4.78 is 9.99. The summed E-state index contributed by atoms with van der Waals surface area (Å²) in [5.41, 5.74) is 1.40. The molecule has 0 bridgehead atoms. The first kappa shape index (κ1) is 19.2. The molecule has 2 aromatic carbocycles. The number of rotatable bonds is 9. The first-order chi connectivity index (χ1) is 12.6.